The molecule has 0 bridgehead atoms. The minimum absolute atomic E-state index is 0.175. The van der Waals surface area contributed by atoms with Gasteiger partial charge in [0, 0.05) is 11.3 Å². The highest BCUT2D eigenvalue weighted by Crippen LogP contribution is 2.43. The van der Waals surface area contributed by atoms with Crippen molar-refractivity contribution in [3.8, 4) is 0 Å². The van der Waals surface area contributed by atoms with Crippen LogP contribution in [-0.4, -0.2) is 90.4 Å². The van der Waals surface area contributed by atoms with Crippen LogP contribution in [0.15, 0.2) is 187 Å². The Morgan fingerprint density at radius 3 is 1.51 bits per heavy atom. The summed E-state index contributed by atoms with van der Waals surface area (Å²) in [6.07, 6.45) is -7.19. The van der Waals surface area contributed by atoms with Gasteiger partial charge in [0.25, 0.3) is 0 Å². The quantitative estimate of drug-likeness (QED) is 0.0727. The van der Waals surface area contributed by atoms with Crippen LogP contribution in [0, 0.1) is 0 Å². The van der Waals surface area contributed by atoms with Crippen LogP contribution in [0.1, 0.15) is 39.7 Å². The van der Waals surface area contributed by atoms with Crippen molar-refractivity contribution in [3.63, 3.8) is 0 Å². The zero-order chi connectivity index (χ0) is 47.2. The Kier molecular flexibility index (Phi) is 17.5. The summed E-state index contributed by atoms with van der Waals surface area (Å²) in [5.41, 5.74) is 5.40. The van der Waals surface area contributed by atoms with E-state index in [1.165, 1.54) is 0 Å². The molecule has 0 amide bonds. The Balaban J connectivity index is 1.04. The van der Waals surface area contributed by atoms with Gasteiger partial charge in [-0.25, -0.2) is 0 Å². The van der Waals surface area contributed by atoms with Gasteiger partial charge < -0.3 is 47.4 Å². The van der Waals surface area contributed by atoms with Gasteiger partial charge >= 0.3 is 0 Å². The van der Waals surface area contributed by atoms with Crippen LogP contribution in [0.2, 0.25) is 0 Å². The van der Waals surface area contributed by atoms with Crippen molar-refractivity contribution in [1.29, 1.82) is 0 Å². The number of aliphatic imine (C=N–C) groups is 1. The minimum Gasteiger partial charge on any atom is -0.374 e. The maximum atomic E-state index is 7.59. The van der Waals surface area contributed by atoms with Crippen LogP contribution in [0.25, 0.3) is 0 Å². The van der Waals surface area contributed by atoms with Gasteiger partial charge in [-0.15, -0.1) is 0 Å². The zero-order valence-electron chi connectivity index (χ0n) is 38.9. The number of hydrogen-bond donors (Lipinski definition) is 0. The van der Waals surface area contributed by atoms with E-state index in [1.807, 2.05) is 146 Å². The van der Waals surface area contributed by atoms with Crippen LogP contribution in [0.5, 0.6) is 0 Å². The van der Waals surface area contributed by atoms with Crippen LogP contribution >= 0.6 is 23.5 Å². The van der Waals surface area contributed by atoms with Crippen molar-refractivity contribution in [2.75, 3.05) is 25.5 Å². The van der Waals surface area contributed by atoms with E-state index in [-0.39, 0.29) is 26.4 Å². The number of fused-ring (bicyclic) bond motifs is 1. The highest BCUT2D eigenvalue weighted by Gasteiger charge is 2.56. The third-order valence-electron chi connectivity index (χ3n) is 12.5. The first-order valence-corrected chi connectivity index (χ1v) is 25.9. The normalized spacial score (nSPS) is 27.7. The lowest BCUT2D eigenvalue weighted by molar-refractivity contribution is -0.378. The zero-order valence-corrected chi connectivity index (χ0v) is 40.5. The first-order valence-electron chi connectivity index (χ1n) is 24.1. The molecule has 4 aliphatic rings. The van der Waals surface area contributed by atoms with E-state index in [2.05, 4.69) is 36.4 Å². The van der Waals surface area contributed by atoms with Crippen molar-refractivity contribution < 1.29 is 47.4 Å². The first-order chi connectivity index (χ1) is 34.7. The lowest BCUT2D eigenvalue weighted by Crippen LogP contribution is -2.67. The first kappa shape index (κ1) is 48.9. The second-order valence-corrected chi connectivity index (χ2v) is 20.0. The summed E-state index contributed by atoms with van der Waals surface area (Å²) in [5, 5.41) is 0. The van der Waals surface area contributed by atoms with Crippen molar-refractivity contribution in [1.82, 2.24) is 0 Å². The third kappa shape index (κ3) is 13.0. The molecule has 11 atom stereocenters. The molecule has 0 radical (unpaired) electrons. The lowest BCUT2D eigenvalue weighted by atomic mass is 9.95. The number of rotatable bonds is 20. The molecular formula is C57H59NO10S2. The van der Waals surface area contributed by atoms with E-state index in [0.717, 1.165) is 50.1 Å². The number of benzene rings is 6. The molecule has 4 heterocycles. The molecule has 10 rings (SSSR count). The highest BCUT2D eigenvalue weighted by atomic mass is 32.2. The Morgan fingerprint density at radius 1 is 0.500 bits per heavy atom. The average molecular weight is 982 g/mol. The van der Waals surface area contributed by atoms with Gasteiger partial charge in [-0.05, 0) is 27.8 Å². The predicted molar refractivity (Wildman–Crippen MR) is 271 cm³/mol. The van der Waals surface area contributed by atoms with Crippen molar-refractivity contribution in [2.24, 2.45) is 4.99 Å². The fraction of sp³-hybridized carbons (Fsp3) is 0.351. The van der Waals surface area contributed by atoms with Crippen LogP contribution in [-0.2, 0) is 80.4 Å². The molecule has 6 aromatic rings. The van der Waals surface area contributed by atoms with Gasteiger partial charge in [-0.3, -0.25) is 4.99 Å². The highest BCUT2D eigenvalue weighted by molar-refractivity contribution is 8.39. The van der Waals surface area contributed by atoms with E-state index < -0.39 is 66.8 Å². The molecular weight excluding hydrogens is 923 g/mol. The van der Waals surface area contributed by atoms with Crippen LogP contribution < -0.4 is 0 Å². The molecule has 3 saturated heterocycles. The Bertz CT molecular complexity index is 2480. The minimum atomic E-state index is -1.04. The second-order valence-electron chi connectivity index (χ2n) is 17.5. The number of ether oxygens (including phenoxy) is 10. The molecule has 0 saturated carbocycles. The molecule has 0 aromatic heterocycles. The van der Waals surface area contributed by atoms with Gasteiger partial charge in [0.1, 0.15) is 58.6 Å². The lowest BCUT2D eigenvalue weighted by Gasteiger charge is -2.52. The Hall–Kier alpha value is -4.71. The number of nitrogens with zero attached hydrogens (tertiary/aromatic N) is 1. The molecule has 6 aromatic carbocycles. The maximum Gasteiger partial charge on any atom is 0.187 e. The molecule has 1 unspecified atom stereocenters. The summed E-state index contributed by atoms with van der Waals surface area (Å²) in [6, 6.07) is 60.6. The van der Waals surface area contributed by atoms with Crippen molar-refractivity contribution >= 4 is 27.9 Å². The maximum absolute atomic E-state index is 7.59. The van der Waals surface area contributed by atoms with Gasteiger partial charge in [0.2, 0.25) is 0 Å². The second kappa shape index (κ2) is 25.1. The summed E-state index contributed by atoms with van der Waals surface area (Å²) >= 11 is 3.28. The summed E-state index contributed by atoms with van der Waals surface area (Å²) in [4.78, 5) is 4.82. The molecule has 0 aliphatic carbocycles. The summed E-state index contributed by atoms with van der Waals surface area (Å²) in [7, 11) is 0. The monoisotopic (exact) mass is 981 g/mol. The number of thioether (sulfide) groups is 2. The largest absolute Gasteiger partial charge is 0.374 e. The van der Waals surface area contributed by atoms with Crippen LogP contribution in [0.3, 0.4) is 0 Å². The van der Waals surface area contributed by atoms with Gasteiger partial charge in [0.15, 0.2) is 12.6 Å². The average Bonchev–Trinajstić information content (AvgIpc) is 3.94. The SMILES string of the molecule is c1ccc(COC[C@H]2O[C@@H](O[C@@H]3[C@@H](OCc4ccccc4)[C@H](SC4=NCCS4)O[C@@H]4COC(c5ccccc5)O[C@@H]34)[C@H](OCc3ccccc3)[C@@H](OCc3ccccc3)[C@@H]2OCc2ccccc2)cc1. The Labute approximate surface area is 419 Å². The van der Waals surface area contributed by atoms with E-state index in [4.69, 9.17) is 52.4 Å². The molecule has 70 heavy (non-hydrogen) atoms. The van der Waals surface area contributed by atoms with E-state index in [0.29, 0.717) is 19.8 Å². The fourth-order valence-electron chi connectivity index (χ4n) is 9.02. The van der Waals surface area contributed by atoms with E-state index >= 15 is 0 Å². The molecule has 0 spiro atoms. The molecule has 13 heteroatoms. The summed E-state index contributed by atoms with van der Waals surface area (Å²) in [6.45, 7) is 2.70. The van der Waals surface area contributed by atoms with Crippen molar-refractivity contribution in [3.05, 3.63) is 215 Å². The van der Waals surface area contributed by atoms with Gasteiger partial charge in [0.05, 0.1) is 52.8 Å². The van der Waals surface area contributed by atoms with Crippen LogP contribution in [0.4, 0.5) is 0 Å². The fourth-order valence-corrected chi connectivity index (χ4v) is 11.3. The standard InChI is InChI=1S/C57H59NO10S2/c1-7-19-40(20-8-1)33-59-38-46-48(60-34-41-21-9-2-10-22-41)50(61-35-42-23-11-3-12-24-42)52(62-36-43-25-13-4-14-26-43)55(65-46)68-51-49-47(39-64-54(67-49)45-29-17-6-18-30-45)66-56(70-57-58-31-32-69-57)53(51)63-37-44-27-15-5-16-28-44/h1-30,46-56H,31-39H2/t46-,47-,48-,49-,50+,51+,52-,53-,54?,55+,56+/m1/s1. The third-order valence-corrected chi connectivity index (χ3v) is 14.9. The molecule has 11 nitrogen and oxygen atoms in total. The van der Waals surface area contributed by atoms with Gasteiger partial charge in [-0.2, -0.15) is 0 Å². The molecule has 4 aliphatic heterocycles. The summed E-state index contributed by atoms with van der Waals surface area (Å²) < 4.78 is 71.0. The smallest absolute Gasteiger partial charge is 0.187 e. The molecule has 364 valence electrons. The summed E-state index contributed by atoms with van der Waals surface area (Å²) in [5.74, 6) is 0.906. The molecule has 0 N–H and O–H groups in total. The van der Waals surface area contributed by atoms with Crippen molar-refractivity contribution in [2.45, 2.75) is 99.9 Å². The topological polar surface area (TPSA) is 105 Å². The number of hydrogen-bond acceptors (Lipinski definition) is 13. The predicted octanol–water partition coefficient (Wildman–Crippen LogP) is 10.3. The van der Waals surface area contributed by atoms with E-state index in [9.17, 15) is 0 Å². The van der Waals surface area contributed by atoms with Gasteiger partial charge in [-0.1, -0.05) is 206 Å². The van der Waals surface area contributed by atoms with E-state index in [1.54, 1.807) is 23.5 Å². The Morgan fingerprint density at radius 2 is 0.986 bits per heavy atom. The molecule has 3 fully saturated rings.